The van der Waals surface area contributed by atoms with Gasteiger partial charge in [-0.1, -0.05) is 35.9 Å². The smallest absolute Gasteiger partial charge is 0.323 e. The van der Waals surface area contributed by atoms with Crippen LogP contribution in [0.1, 0.15) is 31.7 Å². The molecule has 1 atom stereocenters. The molecule has 0 N–H and O–H groups in total. The van der Waals surface area contributed by atoms with E-state index in [2.05, 4.69) is 11.0 Å². The summed E-state index contributed by atoms with van der Waals surface area (Å²) in [4.78, 5) is 14.3. The third kappa shape index (κ3) is 5.20. The molecule has 0 radical (unpaired) electrons. The van der Waals surface area contributed by atoms with Crippen molar-refractivity contribution >= 4 is 28.5 Å². The summed E-state index contributed by atoms with van der Waals surface area (Å²) in [6.45, 7) is 5.22. The fourth-order valence-corrected chi connectivity index (χ4v) is 4.25. The minimum Gasteiger partial charge on any atom is -0.476 e. The van der Waals surface area contributed by atoms with Crippen LogP contribution >= 0.6 is 11.6 Å². The van der Waals surface area contributed by atoms with E-state index >= 15 is 0 Å². The lowest BCUT2D eigenvalue weighted by Crippen LogP contribution is -2.38. The van der Waals surface area contributed by atoms with Crippen LogP contribution in [-0.2, 0) is 16.1 Å². The molecule has 1 aliphatic rings. The molecule has 4 rings (SSSR count). The molecule has 1 aliphatic heterocycles. The van der Waals surface area contributed by atoms with Crippen LogP contribution in [0.3, 0.4) is 0 Å². The molecule has 0 spiro atoms. The molecule has 164 valence electrons. The fraction of sp³-hybridized carbons (Fsp3) is 0.417. The minimum absolute atomic E-state index is 0.104. The zero-order chi connectivity index (χ0) is 21.6. The normalized spacial score (nSPS) is 16.6. The number of ether oxygens (including phenoxy) is 2. The van der Waals surface area contributed by atoms with E-state index in [1.807, 2.05) is 54.1 Å². The van der Waals surface area contributed by atoms with Gasteiger partial charge >= 0.3 is 5.97 Å². The molecule has 2 aromatic carbocycles. The van der Waals surface area contributed by atoms with E-state index in [9.17, 15) is 4.79 Å². The quantitative estimate of drug-likeness (QED) is 0.360. The molecule has 0 unspecified atom stereocenters. The highest BCUT2D eigenvalue weighted by atomic mass is 35.5. The number of likely N-dealkylation sites (tertiary alicyclic amines) is 1. The third-order valence-corrected chi connectivity index (χ3v) is 5.87. The summed E-state index contributed by atoms with van der Waals surface area (Å²) < 4.78 is 13.2. The van der Waals surface area contributed by atoms with Crippen molar-refractivity contribution in [2.45, 2.75) is 38.8 Å². The molecular formula is C24H28ClN3O3. The van der Waals surface area contributed by atoms with Crippen molar-refractivity contribution in [3.05, 3.63) is 59.1 Å². The largest absolute Gasteiger partial charge is 0.476 e. The van der Waals surface area contributed by atoms with E-state index < -0.39 is 0 Å². The number of esters is 1. The van der Waals surface area contributed by atoms with Crippen molar-refractivity contribution in [2.24, 2.45) is 0 Å². The second-order valence-electron chi connectivity index (χ2n) is 7.75. The summed E-state index contributed by atoms with van der Waals surface area (Å²) in [6.07, 6.45) is 2.73. The summed E-state index contributed by atoms with van der Waals surface area (Å²) >= 11 is 6.00. The van der Waals surface area contributed by atoms with Crippen molar-refractivity contribution in [3.63, 3.8) is 0 Å². The Balaban J connectivity index is 1.37. The van der Waals surface area contributed by atoms with Crippen LogP contribution in [0.25, 0.3) is 10.9 Å². The first-order valence-corrected chi connectivity index (χ1v) is 11.3. The molecule has 31 heavy (non-hydrogen) atoms. The number of carbonyl (C=O) groups excluding carboxylic acids is 1. The summed E-state index contributed by atoms with van der Waals surface area (Å²) in [7, 11) is 0. The summed E-state index contributed by atoms with van der Waals surface area (Å²) in [5, 5.41) is 6.44. The van der Waals surface area contributed by atoms with Gasteiger partial charge in [0.05, 0.1) is 30.7 Å². The van der Waals surface area contributed by atoms with E-state index in [0.29, 0.717) is 25.6 Å². The minimum atomic E-state index is -0.112. The molecule has 1 fully saturated rings. The monoisotopic (exact) mass is 441 g/mol. The highest BCUT2D eigenvalue weighted by Gasteiger charge is 2.31. The molecule has 6 nitrogen and oxygen atoms in total. The van der Waals surface area contributed by atoms with Gasteiger partial charge in [0.1, 0.15) is 6.04 Å². The standard InChI is InChI=1S/C24H28ClN3O3/c1-2-30-24(29)22-9-5-14-27(22)15-6-16-31-23-20-7-3-4-8-21(20)28(26-23)17-18-10-12-19(25)13-11-18/h3-4,7-8,10-13,22H,2,5-6,9,14-17H2,1H3/t22-/m0/s1. The van der Waals surface area contributed by atoms with Gasteiger partial charge < -0.3 is 9.47 Å². The van der Waals surface area contributed by atoms with Crippen molar-refractivity contribution in [3.8, 4) is 5.88 Å². The number of rotatable bonds is 9. The van der Waals surface area contributed by atoms with E-state index in [-0.39, 0.29) is 12.0 Å². The molecule has 1 saturated heterocycles. The predicted molar refractivity (Wildman–Crippen MR) is 122 cm³/mol. The number of para-hydroxylation sites is 1. The topological polar surface area (TPSA) is 56.6 Å². The maximum absolute atomic E-state index is 12.1. The van der Waals surface area contributed by atoms with Crippen LogP contribution in [0.5, 0.6) is 5.88 Å². The zero-order valence-corrected chi connectivity index (χ0v) is 18.6. The predicted octanol–water partition coefficient (Wildman–Crippen LogP) is 4.53. The number of halogens is 1. The van der Waals surface area contributed by atoms with E-state index in [1.54, 1.807) is 0 Å². The van der Waals surface area contributed by atoms with E-state index in [0.717, 1.165) is 53.8 Å². The maximum Gasteiger partial charge on any atom is 0.323 e. The van der Waals surface area contributed by atoms with Crippen LogP contribution in [0, 0.1) is 0 Å². The lowest BCUT2D eigenvalue weighted by molar-refractivity contribution is -0.148. The van der Waals surface area contributed by atoms with Gasteiger partial charge in [-0.2, -0.15) is 0 Å². The summed E-state index contributed by atoms with van der Waals surface area (Å²) in [5.74, 6) is 0.542. The van der Waals surface area contributed by atoms with Crippen molar-refractivity contribution < 1.29 is 14.3 Å². The second kappa shape index (κ2) is 10.2. The average molecular weight is 442 g/mol. The first-order chi connectivity index (χ1) is 15.2. The van der Waals surface area contributed by atoms with Crippen LogP contribution in [0.2, 0.25) is 5.02 Å². The Kier molecular flexibility index (Phi) is 7.10. The Morgan fingerprint density at radius 2 is 2.00 bits per heavy atom. The number of hydrogen-bond acceptors (Lipinski definition) is 5. The van der Waals surface area contributed by atoms with Crippen molar-refractivity contribution in [1.82, 2.24) is 14.7 Å². The van der Waals surface area contributed by atoms with Crippen molar-refractivity contribution in [2.75, 3.05) is 26.3 Å². The summed E-state index contributed by atoms with van der Waals surface area (Å²) in [6, 6.07) is 15.8. The highest BCUT2D eigenvalue weighted by molar-refractivity contribution is 6.30. The van der Waals surface area contributed by atoms with Gasteiger partial charge in [-0.05, 0) is 62.6 Å². The first-order valence-electron chi connectivity index (χ1n) is 10.9. The first kappa shape index (κ1) is 21.7. The molecule has 3 aromatic rings. The van der Waals surface area contributed by atoms with Gasteiger partial charge in [0.25, 0.3) is 0 Å². The van der Waals surface area contributed by atoms with Crippen LogP contribution < -0.4 is 4.74 Å². The van der Waals surface area contributed by atoms with Crippen LogP contribution in [0.4, 0.5) is 0 Å². The molecule has 1 aromatic heterocycles. The van der Waals surface area contributed by atoms with Gasteiger partial charge in [0.15, 0.2) is 0 Å². The number of aromatic nitrogens is 2. The van der Waals surface area contributed by atoms with Crippen LogP contribution in [0.15, 0.2) is 48.5 Å². The van der Waals surface area contributed by atoms with Gasteiger partial charge in [0, 0.05) is 11.6 Å². The molecular weight excluding hydrogens is 414 g/mol. The number of carbonyl (C=O) groups is 1. The Labute approximate surface area is 187 Å². The highest BCUT2D eigenvalue weighted by Crippen LogP contribution is 2.26. The van der Waals surface area contributed by atoms with Crippen LogP contribution in [-0.4, -0.2) is 53.0 Å². The summed E-state index contributed by atoms with van der Waals surface area (Å²) in [5.41, 5.74) is 2.16. The molecule has 0 aliphatic carbocycles. The number of benzene rings is 2. The Bertz CT molecular complexity index is 1020. The second-order valence-corrected chi connectivity index (χ2v) is 8.19. The van der Waals surface area contributed by atoms with Gasteiger partial charge in [-0.15, -0.1) is 5.10 Å². The fourth-order valence-electron chi connectivity index (χ4n) is 4.12. The number of fused-ring (bicyclic) bond motifs is 1. The van der Waals surface area contributed by atoms with Gasteiger partial charge in [-0.25, -0.2) is 0 Å². The van der Waals surface area contributed by atoms with E-state index in [1.165, 1.54) is 0 Å². The molecule has 0 amide bonds. The molecule has 7 heteroatoms. The molecule has 0 saturated carbocycles. The zero-order valence-electron chi connectivity index (χ0n) is 17.8. The lowest BCUT2D eigenvalue weighted by Gasteiger charge is -2.22. The van der Waals surface area contributed by atoms with E-state index in [4.69, 9.17) is 26.2 Å². The van der Waals surface area contributed by atoms with Gasteiger partial charge in [-0.3, -0.25) is 14.4 Å². The lowest BCUT2D eigenvalue weighted by atomic mass is 10.2. The van der Waals surface area contributed by atoms with Gasteiger partial charge in [0.2, 0.25) is 5.88 Å². The maximum atomic E-state index is 12.1. The number of nitrogens with zero attached hydrogens (tertiary/aromatic N) is 3. The Morgan fingerprint density at radius 1 is 1.19 bits per heavy atom. The Morgan fingerprint density at radius 3 is 2.81 bits per heavy atom. The third-order valence-electron chi connectivity index (χ3n) is 5.62. The average Bonchev–Trinajstić information content (AvgIpc) is 3.38. The Hall–Kier alpha value is -2.57. The SMILES string of the molecule is CCOC(=O)[C@@H]1CCCN1CCCOc1nn(Cc2ccc(Cl)cc2)c2ccccc12. The van der Waals surface area contributed by atoms with Crippen molar-refractivity contribution in [1.29, 1.82) is 0 Å². The number of hydrogen-bond donors (Lipinski definition) is 0. The molecule has 0 bridgehead atoms. The molecule has 2 heterocycles.